The van der Waals surface area contributed by atoms with Crippen LogP contribution in [0.3, 0.4) is 0 Å². The Bertz CT molecular complexity index is 397. The number of hydrogen-bond acceptors (Lipinski definition) is 4. The van der Waals surface area contributed by atoms with Gasteiger partial charge in [0.25, 0.3) is 0 Å². The average molecular weight is 259 g/mol. The Balaban J connectivity index is 2.47. The first-order chi connectivity index (χ1) is 7.73. The van der Waals surface area contributed by atoms with Crippen LogP contribution in [0.15, 0.2) is 0 Å². The van der Waals surface area contributed by atoms with Crippen LogP contribution in [0.2, 0.25) is 0 Å². The zero-order chi connectivity index (χ0) is 13.1. The Morgan fingerprint density at radius 2 is 2.06 bits per heavy atom. The average Bonchev–Trinajstić information content (AvgIpc) is 2.58. The smallest absolute Gasteiger partial charge is 0.209 e. The van der Waals surface area contributed by atoms with Gasteiger partial charge in [-0.3, -0.25) is 0 Å². The lowest BCUT2D eigenvalue weighted by molar-refractivity contribution is 0.370. The zero-order valence-electron chi connectivity index (χ0n) is 10.7. The van der Waals surface area contributed by atoms with Gasteiger partial charge in [-0.2, -0.15) is 5.26 Å². The van der Waals surface area contributed by atoms with Gasteiger partial charge in [0, 0.05) is 18.1 Å². The van der Waals surface area contributed by atoms with E-state index >= 15 is 0 Å². The summed E-state index contributed by atoms with van der Waals surface area (Å²) in [6.07, 6.45) is 4.15. The van der Waals surface area contributed by atoms with Crippen molar-refractivity contribution in [3.05, 3.63) is 0 Å². The van der Waals surface area contributed by atoms with Gasteiger partial charge in [-0.25, -0.2) is 13.1 Å². The Hall–Kier alpha value is -0.640. The van der Waals surface area contributed by atoms with Crippen LogP contribution in [0, 0.1) is 17.2 Å². The fourth-order valence-corrected chi connectivity index (χ4v) is 3.36. The molecule has 0 aliphatic heterocycles. The van der Waals surface area contributed by atoms with Crippen molar-refractivity contribution < 1.29 is 8.42 Å². The maximum absolute atomic E-state index is 11.2. The van der Waals surface area contributed by atoms with Crippen LogP contribution < -0.4 is 10.0 Å². The van der Waals surface area contributed by atoms with E-state index in [9.17, 15) is 8.42 Å². The minimum absolute atomic E-state index is 0.0593. The molecule has 1 rings (SSSR count). The molecule has 0 amide bonds. The molecule has 2 atom stereocenters. The van der Waals surface area contributed by atoms with Crippen LogP contribution in [0.25, 0.3) is 0 Å². The summed E-state index contributed by atoms with van der Waals surface area (Å²) >= 11 is 0. The number of nitriles is 1. The van der Waals surface area contributed by atoms with Crippen molar-refractivity contribution in [2.45, 2.75) is 44.7 Å². The van der Waals surface area contributed by atoms with Crippen molar-refractivity contribution in [1.82, 2.24) is 10.0 Å². The molecule has 0 spiro atoms. The van der Waals surface area contributed by atoms with Gasteiger partial charge in [0.2, 0.25) is 10.0 Å². The normalized spacial score (nSPS) is 25.8. The van der Waals surface area contributed by atoms with Crippen molar-refractivity contribution in [3.8, 4) is 6.07 Å². The quantitative estimate of drug-likeness (QED) is 0.757. The second-order valence-electron chi connectivity index (χ2n) is 5.41. The molecule has 0 aromatic carbocycles. The summed E-state index contributed by atoms with van der Waals surface area (Å²) in [7, 11) is -3.20. The predicted octanol–water partition coefficient (Wildman–Crippen LogP) is 0.596. The minimum atomic E-state index is -3.20. The molecule has 5 nitrogen and oxygen atoms in total. The molecule has 0 heterocycles. The van der Waals surface area contributed by atoms with E-state index in [-0.39, 0.29) is 12.0 Å². The summed E-state index contributed by atoms with van der Waals surface area (Å²) in [5, 5.41) is 12.2. The Morgan fingerprint density at radius 1 is 1.41 bits per heavy atom. The monoisotopic (exact) mass is 259 g/mol. The summed E-state index contributed by atoms with van der Waals surface area (Å²) in [4.78, 5) is 0. The molecule has 1 aliphatic carbocycles. The first-order valence-corrected chi connectivity index (χ1v) is 7.75. The second-order valence-corrected chi connectivity index (χ2v) is 7.16. The van der Waals surface area contributed by atoms with Gasteiger partial charge in [-0.05, 0) is 26.7 Å². The van der Waals surface area contributed by atoms with E-state index in [1.54, 1.807) is 0 Å². The summed E-state index contributed by atoms with van der Waals surface area (Å²) in [5.74, 6) is 0.0593. The SMILES string of the molecule is CC(C)(CNC1CCCC1C#N)NS(C)(=O)=O. The molecule has 1 fully saturated rings. The lowest BCUT2D eigenvalue weighted by Crippen LogP contribution is -2.52. The standard InChI is InChI=1S/C11H21N3O2S/c1-11(2,14-17(3,15)16)8-13-10-6-4-5-9(10)7-12/h9-10,13-14H,4-6,8H2,1-3H3. The highest BCUT2D eigenvalue weighted by Crippen LogP contribution is 2.25. The van der Waals surface area contributed by atoms with Crippen molar-refractivity contribution in [2.75, 3.05) is 12.8 Å². The van der Waals surface area contributed by atoms with E-state index in [1.165, 1.54) is 0 Å². The fourth-order valence-electron chi connectivity index (χ4n) is 2.28. The van der Waals surface area contributed by atoms with Crippen molar-refractivity contribution >= 4 is 10.0 Å². The maximum atomic E-state index is 11.2. The molecule has 0 radical (unpaired) electrons. The molecule has 1 aliphatic rings. The van der Waals surface area contributed by atoms with Crippen LogP contribution in [-0.2, 0) is 10.0 Å². The van der Waals surface area contributed by atoms with E-state index in [1.807, 2.05) is 13.8 Å². The van der Waals surface area contributed by atoms with Crippen LogP contribution in [0.5, 0.6) is 0 Å². The third kappa shape index (κ3) is 5.02. The van der Waals surface area contributed by atoms with Crippen LogP contribution >= 0.6 is 0 Å². The van der Waals surface area contributed by atoms with E-state index in [0.717, 1.165) is 25.5 Å². The molecule has 0 aromatic heterocycles. The van der Waals surface area contributed by atoms with Crippen LogP contribution in [0.1, 0.15) is 33.1 Å². The van der Waals surface area contributed by atoms with Crippen molar-refractivity contribution in [1.29, 1.82) is 5.26 Å². The fraction of sp³-hybridized carbons (Fsp3) is 0.909. The highest BCUT2D eigenvalue weighted by molar-refractivity contribution is 7.88. The lowest BCUT2D eigenvalue weighted by atomic mass is 10.0. The summed E-state index contributed by atoms with van der Waals surface area (Å²) in [6, 6.07) is 2.49. The van der Waals surface area contributed by atoms with E-state index in [2.05, 4.69) is 16.1 Å². The van der Waals surface area contributed by atoms with E-state index < -0.39 is 15.6 Å². The maximum Gasteiger partial charge on any atom is 0.209 e. The molecule has 2 unspecified atom stereocenters. The molecule has 2 N–H and O–H groups in total. The highest BCUT2D eigenvalue weighted by Gasteiger charge is 2.29. The number of hydrogen-bond donors (Lipinski definition) is 2. The number of nitrogens with one attached hydrogen (secondary N) is 2. The van der Waals surface area contributed by atoms with E-state index in [4.69, 9.17) is 5.26 Å². The Kier molecular flexibility index (Phi) is 4.53. The zero-order valence-corrected chi connectivity index (χ0v) is 11.5. The summed E-state index contributed by atoms with van der Waals surface area (Å²) in [5.41, 5.74) is -0.532. The second kappa shape index (κ2) is 5.34. The molecule has 0 saturated heterocycles. The van der Waals surface area contributed by atoms with Gasteiger partial charge in [0.05, 0.1) is 18.2 Å². The van der Waals surface area contributed by atoms with Crippen molar-refractivity contribution in [3.63, 3.8) is 0 Å². The van der Waals surface area contributed by atoms with Gasteiger partial charge in [0.1, 0.15) is 0 Å². The number of rotatable bonds is 5. The molecule has 17 heavy (non-hydrogen) atoms. The third-order valence-electron chi connectivity index (χ3n) is 2.95. The van der Waals surface area contributed by atoms with E-state index in [0.29, 0.717) is 6.54 Å². The lowest BCUT2D eigenvalue weighted by Gasteiger charge is -2.28. The van der Waals surface area contributed by atoms with Gasteiger partial charge < -0.3 is 5.32 Å². The molecule has 0 bridgehead atoms. The summed E-state index contributed by atoms with van der Waals surface area (Å²) < 4.78 is 24.9. The number of nitrogens with zero attached hydrogens (tertiary/aromatic N) is 1. The van der Waals surface area contributed by atoms with Gasteiger partial charge in [0.15, 0.2) is 0 Å². The Labute approximate surface area is 104 Å². The van der Waals surface area contributed by atoms with Crippen LogP contribution in [0.4, 0.5) is 0 Å². The molecular formula is C11H21N3O2S. The largest absolute Gasteiger partial charge is 0.311 e. The number of sulfonamides is 1. The summed E-state index contributed by atoms with van der Waals surface area (Å²) in [6.45, 7) is 4.19. The van der Waals surface area contributed by atoms with Gasteiger partial charge in [-0.1, -0.05) is 6.42 Å². The minimum Gasteiger partial charge on any atom is -0.311 e. The predicted molar refractivity (Wildman–Crippen MR) is 66.8 cm³/mol. The molecule has 1 saturated carbocycles. The van der Waals surface area contributed by atoms with Crippen LogP contribution in [-0.4, -0.2) is 32.8 Å². The topological polar surface area (TPSA) is 82.0 Å². The highest BCUT2D eigenvalue weighted by atomic mass is 32.2. The van der Waals surface area contributed by atoms with Crippen molar-refractivity contribution in [2.24, 2.45) is 5.92 Å². The molecule has 98 valence electrons. The van der Waals surface area contributed by atoms with Gasteiger partial charge >= 0.3 is 0 Å². The molecule has 0 aromatic rings. The Morgan fingerprint density at radius 3 is 2.59 bits per heavy atom. The molecular weight excluding hydrogens is 238 g/mol. The third-order valence-corrected chi connectivity index (χ3v) is 3.87. The molecule has 6 heteroatoms. The first-order valence-electron chi connectivity index (χ1n) is 5.85. The first kappa shape index (κ1) is 14.4. The van der Waals surface area contributed by atoms with Gasteiger partial charge in [-0.15, -0.1) is 0 Å².